The van der Waals surface area contributed by atoms with Gasteiger partial charge in [0.15, 0.2) is 33.6 Å². The zero-order chi connectivity index (χ0) is 47.6. The molecule has 3 aromatic heterocycles. The van der Waals surface area contributed by atoms with Crippen LogP contribution in [-0.4, -0.2) is 25.3 Å². The fraction of sp³-hybridized carbons (Fsp3) is 0.0938. The van der Waals surface area contributed by atoms with Crippen molar-refractivity contribution in [3.63, 3.8) is 0 Å². The standard InChI is InChI=1S/C64H49N5O2.2BrH/c1-2-69-57-32-30-53-35-55(57)56-36-54(31-33-58(56)69)64(71)50-28-20-46(21-29-50)40-68-42-66(60-11-4-6-13-62(60)68)38-44-16-24-48(25-17-44)52-9-7-8-51(34-52)47-22-14-43(15-23-47)37-65-41-67(61-12-5-3-10-59(61)65)39-45-18-26-49(27-19-45)63(53)70;;/h3-36,41-42H,2,37-40H2,1H3;2*1H/q+2;;/p-2. The average Bonchev–Trinajstić information content (AvgIpc) is 4.06. The van der Waals surface area contributed by atoms with E-state index in [-0.39, 0.29) is 45.5 Å². The molecule has 0 amide bonds. The van der Waals surface area contributed by atoms with Gasteiger partial charge >= 0.3 is 0 Å². The summed E-state index contributed by atoms with van der Waals surface area (Å²) < 4.78 is 11.5. The number of halogens is 2. The minimum absolute atomic E-state index is 0. The van der Waals surface area contributed by atoms with Crippen LogP contribution in [0.1, 0.15) is 61.0 Å². The van der Waals surface area contributed by atoms with Gasteiger partial charge in [-0.05, 0) is 118 Å². The predicted octanol–water partition coefficient (Wildman–Crippen LogP) is 6.61. The summed E-state index contributed by atoms with van der Waals surface area (Å²) >= 11 is 0. The van der Waals surface area contributed by atoms with Gasteiger partial charge in [0.1, 0.15) is 26.2 Å². The molecule has 8 heterocycles. The van der Waals surface area contributed by atoms with Crippen LogP contribution < -0.4 is 43.1 Å². The average molecular weight is 1080 g/mol. The van der Waals surface area contributed by atoms with E-state index in [9.17, 15) is 9.59 Å². The van der Waals surface area contributed by atoms with Gasteiger partial charge in [-0.25, -0.2) is 18.3 Å². The van der Waals surface area contributed by atoms with Crippen LogP contribution in [0.5, 0.6) is 0 Å². The molecule has 18 bridgehead atoms. The number of hydrogen-bond acceptors (Lipinski definition) is 2. The maximum atomic E-state index is 14.2. The molecule has 9 heteroatoms. The van der Waals surface area contributed by atoms with Crippen molar-refractivity contribution in [2.75, 3.05) is 0 Å². The molecule has 7 nitrogen and oxygen atoms in total. The van der Waals surface area contributed by atoms with E-state index in [0.29, 0.717) is 35.3 Å². The molecule has 0 atom stereocenters. The van der Waals surface area contributed by atoms with E-state index in [0.717, 1.165) is 74.6 Å². The molecule has 0 radical (unpaired) electrons. The molecule has 0 N–H and O–H groups in total. The number of benzene rings is 9. The molecule has 17 rings (SSSR count). The summed E-state index contributed by atoms with van der Waals surface area (Å²) in [5.74, 6) is -0.0713. The second-order valence-electron chi connectivity index (χ2n) is 19.0. The Kier molecular flexibility index (Phi) is 12.7. The monoisotopic (exact) mass is 1080 g/mol. The van der Waals surface area contributed by atoms with E-state index >= 15 is 0 Å². The number of para-hydroxylation sites is 4. The number of carbonyl (C=O) groups is 2. The molecule has 0 aliphatic carbocycles. The number of fused-ring (bicyclic) bond motifs is 6. The Morgan fingerprint density at radius 3 is 1.18 bits per heavy atom. The normalized spacial score (nSPS) is 12.7. The van der Waals surface area contributed by atoms with E-state index < -0.39 is 0 Å². The van der Waals surface area contributed by atoms with Crippen LogP contribution in [-0.2, 0) is 32.7 Å². The maximum Gasteiger partial charge on any atom is 0.245 e. The zero-order valence-electron chi connectivity index (χ0n) is 40.1. The summed E-state index contributed by atoms with van der Waals surface area (Å²) in [5, 5.41) is 1.92. The molecule has 0 spiro atoms. The van der Waals surface area contributed by atoms with Crippen molar-refractivity contribution in [1.82, 2.24) is 13.7 Å². The van der Waals surface area contributed by atoms with Crippen LogP contribution in [0.4, 0.5) is 0 Å². The van der Waals surface area contributed by atoms with E-state index in [1.54, 1.807) is 0 Å². The lowest BCUT2D eigenvalue weighted by molar-refractivity contribution is -0.663. The minimum Gasteiger partial charge on any atom is -1.00 e. The fourth-order valence-corrected chi connectivity index (χ4v) is 10.8. The summed E-state index contributed by atoms with van der Waals surface area (Å²) in [7, 11) is 0. The van der Waals surface area contributed by atoms with Gasteiger partial charge < -0.3 is 38.5 Å². The van der Waals surface area contributed by atoms with Gasteiger partial charge in [-0.1, -0.05) is 140 Å². The highest BCUT2D eigenvalue weighted by Gasteiger charge is 2.21. The molecule has 9 aromatic carbocycles. The second-order valence-corrected chi connectivity index (χ2v) is 19.0. The molecule has 12 aromatic rings. The number of hydrogen-bond donors (Lipinski definition) is 0. The van der Waals surface area contributed by atoms with E-state index in [2.05, 4.69) is 188 Å². The number of imidazole rings is 2. The first-order chi connectivity index (χ1) is 34.9. The highest BCUT2D eigenvalue weighted by molar-refractivity contribution is 6.17. The lowest BCUT2D eigenvalue weighted by atomic mass is 9.98. The van der Waals surface area contributed by atoms with Crippen molar-refractivity contribution in [2.24, 2.45) is 0 Å². The van der Waals surface area contributed by atoms with Crippen molar-refractivity contribution in [3.8, 4) is 22.3 Å². The molecular formula is C64H49Br2N5O2. The Labute approximate surface area is 444 Å². The number of ketones is 2. The molecule has 73 heavy (non-hydrogen) atoms. The third-order valence-electron chi connectivity index (χ3n) is 14.5. The Bertz CT molecular complexity index is 3800. The van der Waals surface area contributed by atoms with Crippen molar-refractivity contribution in [2.45, 2.75) is 39.6 Å². The topological polar surface area (TPSA) is 56.7 Å². The van der Waals surface area contributed by atoms with Gasteiger partial charge in [-0.15, -0.1) is 0 Å². The lowest BCUT2D eigenvalue weighted by Crippen LogP contribution is -3.00. The zero-order valence-corrected chi connectivity index (χ0v) is 43.3. The van der Waals surface area contributed by atoms with Gasteiger partial charge in [-0.2, -0.15) is 0 Å². The largest absolute Gasteiger partial charge is 1.00 e. The molecule has 0 fully saturated rings. The first-order valence-corrected chi connectivity index (χ1v) is 24.5. The van der Waals surface area contributed by atoms with Gasteiger partial charge in [0.25, 0.3) is 0 Å². The summed E-state index contributed by atoms with van der Waals surface area (Å²) in [6.45, 7) is 5.68. The van der Waals surface area contributed by atoms with Gasteiger partial charge in [-0.3, -0.25) is 9.59 Å². The first kappa shape index (κ1) is 47.4. The molecular weight excluding hydrogens is 1030 g/mol. The van der Waals surface area contributed by atoms with Gasteiger partial charge in [0.05, 0.1) is 0 Å². The van der Waals surface area contributed by atoms with Gasteiger partial charge in [0.2, 0.25) is 12.7 Å². The van der Waals surface area contributed by atoms with Crippen molar-refractivity contribution >= 4 is 55.4 Å². The highest BCUT2D eigenvalue weighted by atomic mass is 79.9. The Hall–Kier alpha value is -7.98. The molecule has 5 aliphatic rings. The summed E-state index contributed by atoms with van der Waals surface area (Å²) in [4.78, 5) is 28.4. The smallest absolute Gasteiger partial charge is 0.245 e. The SMILES string of the molecule is CCn1c2ccc3cc2c2cc(ccc21)C(=O)c1ccc(cc1)Cn1c[n+](c2ccccc21)Cc1ccc(cc1)-c1cccc(c1)-c1ccc(cc1)C[n+]1cn(c2ccccc21)Cc1ccc(cc1)C3=O.[Br-].[Br-]. The molecule has 0 unspecified atom stereocenters. The molecule has 5 aliphatic heterocycles. The van der Waals surface area contributed by atoms with Crippen molar-refractivity contribution < 1.29 is 52.7 Å². The number of rotatable bonds is 1. The van der Waals surface area contributed by atoms with Crippen LogP contribution >= 0.6 is 0 Å². The summed E-state index contributed by atoms with van der Waals surface area (Å²) in [5.41, 5.74) is 18.6. The quantitative estimate of drug-likeness (QED) is 0.174. The van der Waals surface area contributed by atoms with Gasteiger partial charge in [0, 0.05) is 50.6 Å². The Balaban J connectivity index is 0.00000287. The third-order valence-corrected chi connectivity index (χ3v) is 14.5. The van der Waals surface area contributed by atoms with Crippen LogP contribution in [0.25, 0.3) is 66.1 Å². The summed E-state index contributed by atoms with van der Waals surface area (Å²) in [6.07, 6.45) is 4.41. The minimum atomic E-state index is -0.0357. The summed E-state index contributed by atoms with van der Waals surface area (Å²) in [6, 6.07) is 71.8. The van der Waals surface area contributed by atoms with Crippen molar-refractivity contribution in [3.05, 3.63) is 263 Å². The number of nitrogens with zero attached hydrogens (tertiary/aromatic N) is 5. The fourth-order valence-electron chi connectivity index (χ4n) is 10.8. The molecule has 0 saturated heterocycles. The first-order valence-electron chi connectivity index (χ1n) is 24.5. The van der Waals surface area contributed by atoms with Crippen LogP contribution in [0.15, 0.2) is 219 Å². The second kappa shape index (κ2) is 19.6. The van der Waals surface area contributed by atoms with Crippen molar-refractivity contribution in [1.29, 1.82) is 0 Å². The lowest BCUT2D eigenvalue weighted by Gasteiger charge is -2.08. The Morgan fingerprint density at radius 1 is 0.370 bits per heavy atom. The van der Waals surface area contributed by atoms with E-state index in [1.165, 1.54) is 33.4 Å². The molecule has 356 valence electrons. The van der Waals surface area contributed by atoms with Crippen LogP contribution in [0, 0.1) is 0 Å². The number of aromatic nitrogens is 5. The van der Waals surface area contributed by atoms with E-state index in [4.69, 9.17) is 0 Å². The Morgan fingerprint density at radius 2 is 0.753 bits per heavy atom. The highest BCUT2D eigenvalue weighted by Crippen LogP contribution is 2.33. The maximum absolute atomic E-state index is 14.2. The van der Waals surface area contributed by atoms with Crippen LogP contribution in [0.2, 0.25) is 0 Å². The number of aryl methyl sites for hydroxylation is 1. The number of carbonyl (C=O) groups excluding carboxylic acids is 2. The predicted molar refractivity (Wildman–Crippen MR) is 283 cm³/mol. The molecule has 0 saturated carbocycles. The van der Waals surface area contributed by atoms with Crippen LogP contribution in [0.3, 0.4) is 0 Å². The van der Waals surface area contributed by atoms with E-state index in [1.807, 2.05) is 60.7 Å². The third kappa shape index (κ3) is 8.72.